The highest BCUT2D eigenvalue weighted by molar-refractivity contribution is 7.09. The SMILES string of the molecule is O=C(O)C1(Cc2cncs2)CC1. The number of hydrogen-bond acceptors (Lipinski definition) is 3. The van der Waals surface area contributed by atoms with Crippen LogP contribution in [-0.4, -0.2) is 16.1 Å². The number of aliphatic carboxylic acids is 1. The molecule has 64 valence electrons. The van der Waals surface area contributed by atoms with Crippen molar-refractivity contribution in [3.63, 3.8) is 0 Å². The van der Waals surface area contributed by atoms with Gasteiger partial charge >= 0.3 is 5.97 Å². The van der Waals surface area contributed by atoms with Crippen molar-refractivity contribution in [2.75, 3.05) is 0 Å². The van der Waals surface area contributed by atoms with E-state index in [0.717, 1.165) is 17.7 Å². The number of carboxylic acid groups (broad SMARTS) is 1. The maximum Gasteiger partial charge on any atom is 0.310 e. The predicted octanol–water partition coefficient (Wildman–Crippen LogP) is 1.55. The van der Waals surface area contributed by atoms with Crippen molar-refractivity contribution in [2.24, 2.45) is 5.41 Å². The van der Waals surface area contributed by atoms with Crippen LogP contribution in [0.25, 0.3) is 0 Å². The predicted molar refractivity (Wildman–Crippen MR) is 45.1 cm³/mol. The second-order valence-electron chi connectivity index (χ2n) is 3.23. The molecule has 12 heavy (non-hydrogen) atoms. The number of aromatic nitrogens is 1. The monoisotopic (exact) mass is 183 g/mol. The molecule has 0 saturated heterocycles. The first-order chi connectivity index (χ1) is 5.73. The lowest BCUT2D eigenvalue weighted by Gasteiger charge is -2.05. The van der Waals surface area contributed by atoms with Crippen molar-refractivity contribution < 1.29 is 9.90 Å². The van der Waals surface area contributed by atoms with Gasteiger partial charge < -0.3 is 5.11 Å². The summed E-state index contributed by atoms with van der Waals surface area (Å²) in [5.74, 6) is -0.657. The molecule has 3 nitrogen and oxygen atoms in total. The maximum absolute atomic E-state index is 10.8. The van der Waals surface area contributed by atoms with Crippen molar-refractivity contribution in [1.29, 1.82) is 0 Å². The van der Waals surface area contributed by atoms with Crippen molar-refractivity contribution in [3.8, 4) is 0 Å². The van der Waals surface area contributed by atoms with Gasteiger partial charge in [-0.1, -0.05) is 0 Å². The molecule has 1 fully saturated rings. The summed E-state index contributed by atoms with van der Waals surface area (Å²) in [5.41, 5.74) is 1.31. The summed E-state index contributed by atoms with van der Waals surface area (Å²) < 4.78 is 0. The average molecular weight is 183 g/mol. The number of hydrogen-bond donors (Lipinski definition) is 1. The summed E-state index contributed by atoms with van der Waals surface area (Å²) in [6, 6.07) is 0. The van der Waals surface area contributed by atoms with Gasteiger partial charge in [0.15, 0.2) is 0 Å². The Morgan fingerprint density at radius 2 is 2.50 bits per heavy atom. The van der Waals surface area contributed by atoms with Crippen molar-refractivity contribution in [1.82, 2.24) is 4.98 Å². The van der Waals surface area contributed by atoms with Crippen LogP contribution >= 0.6 is 11.3 Å². The van der Waals surface area contributed by atoms with E-state index in [1.807, 2.05) is 0 Å². The molecule has 2 rings (SSSR count). The molecule has 1 aromatic rings. The molecule has 1 heterocycles. The Morgan fingerprint density at radius 1 is 1.75 bits per heavy atom. The number of carboxylic acids is 1. The molecule has 0 unspecified atom stereocenters. The fourth-order valence-electron chi connectivity index (χ4n) is 1.28. The minimum Gasteiger partial charge on any atom is -0.481 e. The van der Waals surface area contributed by atoms with Gasteiger partial charge in [-0.15, -0.1) is 11.3 Å². The lowest BCUT2D eigenvalue weighted by Crippen LogP contribution is -2.16. The van der Waals surface area contributed by atoms with Crippen LogP contribution in [0.5, 0.6) is 0 Å². The minimum absolute atomic E-state index is 0.438. The highest BCUT2D eigenvalue weighted by atomic mass is 32.1. The van der Waals surface area contributed by atoms with Crippen LogP contribution < -0.4 is 0 Å². The summed E-state index contributed by atoms with van der Waals surface area (Å²) in [6.45, 7) is 0. The molecule has 4 heteroatoms. The molecular weight excluding hydrogens is 174 g/mol. The summed E-state index contributed by atoms with van der Waals surface area (Å²) in [7, 11) is 0. The molecule has 0 amide bonds. The smallest absolute Gasteiger partial charge is 0.310 e. The van der Waals surface area contributed by atoms with Gasteiger partial charge in [-0.05, 0) is 19.3 Å². The summed E-state index contributed by atoms with van der Waals surface area (Å²) in [4.78, 5) is 15.8. The normalized spacial score (nSPS) is 19.0. The lowest BCUT2D eigenvalue weighted by molar-refractivity contribution is -0.143. The number of carbonyl (C=O) groups is 1. The van der Waals surface area contributed by atoms with Crippen LogP contribution in [0.1, 0.15) is 17.7 Å². The highest BCUT2D eigenvalue weighted by Crippen LogP contribution is 2.48. The number of rotatable bonds is 3. The first-order valence-electron chi connectivity index (χ1n) is 3.84. The van der Waals surface area contributed by atoms with E-state index in [0.29, 0.717) is 6.42 Å². The van der Waals surface area contributed by atoms with Crippen LogP contribution in [-0.2, 0) is 11.2 Å². The summed E-state index contributed by atoms with van der Waals surface area (Å²) in [6.07, 6.45) is 4.06. The van der Waals surface area contributed by atoms with Crippen LogP contribution in [0.3, 0.4) is 0 Å². The zero-order chi connectivity index (χ0) is 8.60. The van der Waals surface area contributed by atoms with Crippen molar-refractivity contribution in [3.05, 3.63) is 16.6 Å². The molecule has 0 radical (unpaired) electrons. The Labute approximate surface area is 74.1 Å². The number of thiazole rings is 1. The van der Waals surface area contributed by atoms with E-state index in [4.69, 9.17) is 5.11 Å². The van der Waals surface area contributed by atoms with Crippen LogP contribution in [0, 0.1) is 5.41 Å². The van der Waals surface area contributed by atoms with E-state index < -0.39 is 11.4 Å². The third-order valence-corrected chi connectivity index (χ3v) is 3.08. The molecule has 0 spiro atoms. The van der Waals surface area contributed by atoms with Gasteiger partial charge in [0, 0.05) is 11.1 Å². The van der Waals surface area contributed by atoms with Gasteiger partial charge in [0.05, 0.1) is 10.9 Å². The fraction of sp³-hybridized carbons (Fsp3) is 0.500. The molecule has 1 saturated carbocycles. The zero-order valence-corrected chi connectivity index (χ0v) is 7.30. The van der Waals surface area contributed by atoms with Crippen LogP contribution in [0.15, 0.2) is 11.7 Å². The minimum atomic E-state index is -0.657. The molecule has 1 N–H and O–H groups in total. The molecule has 0 aromatic carbocycles. The standard InChI is InChI=1S/C8H9NO2S/c10-7(11)8(1-2-8)3-6-4-9-5-12-6/h4-5H,1-3H2,(H,10,11). The van der Waals surface area contributed by atoms with Gasteiger partial charge in [-0.3, -0.25) is 9.78 Å². The molecule has 1 aliphatic rings. The molecular formula is C8H9NO2S. The van der Waals surface area contributed by atoms with Gasteiger partial charge in [-0.2, -0.15) is 0 Å². The molecule has 0 bridgehead atoms. The Balaban J connectivity index is 2.09. The van der Waals surface area contributed by atoms with Gasteiger partial charge in [-0.25, -0.2) is 0 Å². The number of nitrogens with zero attached hydrogens (tertiary/aromatic N) is 1. The highest BCUT2D eigenvalue weighted by Gasteiger charge is 2.50. The topological polar surface area (TPSA) is 50.2 Å². The van der Waals surface area contributed by atoms with E-state index in [-0.39, 0.29) is 0 Å². The average Bonchev–Trinajstić information content (AvgIpc) is 2.60. The van der Waals surface area contributed by atoms with Crippen molar-refractivity contribution >= 4 is 17.3 Å². The lowest BCUT2D eigenvalue weighted by atomic mass is 10.0. The first kappa shape index (κ1) is 7.73. The Morgan fingerprint density at radius 3 is 2.92 bits per heavy atom. The third kappa shape index (κ3) is 1.22. The van der Waals surface area contributed by atoms with Gasteiger partial charge in [0.2, 0.25) is 0 Å². The van der Waals surface area contributed by atoms with E-state index in [1.54, 1.807) is 11.7 Å². The van der Waals surface area contributed by atoms with Crippen LogP contribution in [0.2, 0.25) is 0 Å². The van der Waals surface area contributed by atoms with Crippen molar-refractivity contribution in [2.45, 2.75) is 19.3 Å². The first-order valence-corrected chi connectivity index (χ1v) is 4.72. The summed E-state index contributed by atoms with van der Waals surface area (Å²) in [5, 5.41) is 8.89. The van der Waals surface area contributed by atoms with E-state index in [1.165, 1.54) is 11.3 Å². The largest absolute Gasteiger partial charge is 0.481 e. The third-order valence-electron chi connectivity index (χ3n) is 2.30. The summed E-state index contributed by atoms with van der Waals surface area (Å²) >= 11 is 1.53. The Kier molecular flexibility index (Phi) is 1.65. The molecule has 0 aliphatic heterocycles. The Hall–Kier alpha value is -0.900. The second-order valence-corrected chi connectivity index (χ2v) is 4.20. The van der Waals surface area contributed by atoms with Gasteiger partial charge in [0.25, 0.3) is 0 Å². The molecule has 0 atom stereocenters. The maximum atomic E-state index is 10.8. The molecule has 1 aliphatic carbocycles. The molecule has 1 aromatic heterocycles. The zero-order valence-electron chi connectivity index (χ0n) is 6.49. The Bertz CT molecular complexity index is 290. The van der Waals surface area contributed by atoms with E-state index in [9.17, 15) is 4.79 Å². The van der Waals surface area contributed by atoms with Gasteiger partial charge in [0.1, 0.15) is 0 Å². The van der Waals surface area contributed by atoms with Crippen LogP contribution in [0.4, 0.5) is 0 Å². The quantitative estimate of drug-likeness (QED) is 0.773. The fourth-order valence-corrected chi connectivity index (χ4v) is 2.02. The van der Waals surface area contributed by atoms with E-state index in [2.05, 4.69) is 4.98 Å². The van der Waals surface area contributed by atoms with E-state index >= 15 is 0 Å². The second kappa shape index (κ2) is 2.55.